The SMILES string of the molecule is CON1C(C)(C)CC(OC(=O)CCON2C(C)(C)CC(OC(=O)c3cccc(C(=O)OC4CC(C)(C)N(OCCC(=O)OC5CC(C)(C)N(OC)C(C)(C)C5)C(C)(C)C4)c3)CC2(C)C)CC1(C)C. The minimum absolute atomic E-state index is 0.0993. The van der Waals surface area contributed by atoms with Crippen LogP contribution >= 0.6 is 0 Å². The van der Waals surface area contributed by atoms with E-state index in [-0.39, 0.29) is 83.5 Å². The highest BCUT2D eigenvalue weighted by Gasteiger charge is 2.51. The van der Waals surface area contributed by atoms with Gasteiger partial charge in [0, 0.05) is 95.7 Å². The van der Waals surface area contributed by atoms with Crippen molar-refractivity contribution in [1.29, 1.82) is 0 Å². The predicted molar refractivity (Wildman–Crippen MR) is 257 cm³/mol. The molecule has 4 saturated heterocycles. The first-order valence-corrected chi connectivity index (χ1v) is 24.6. The highest BCUT2D eigenvalue weighted by molar-refractivity contribution is 5.95. The third-order valence-electron chi connectivity index (χ3n) is 14.1. The Morgan fingerprint density at radius 1 is 0.426 bits per heavy atom. The van der Waals surface area contributed by atoms with Gasteiger partial charge in [0.05, 0.1) is 51.4 Å². The Hall–Kier alpha value is -3.22. The lowest BCUT2D eigenvalue weighted by atomic mass is 9.80. The summed E-state index contributed by atoms with van der Waals surface area (Å²) in [6, 6.07) is 6.46. The van der Waals surface area contributed by atoms with Gasteiger partial charge in [-0.3, -0.25) is 19.3 Å². The summed E-state index contributed by atoms with van der Waals surface area (Å²) in [6.45, 7) is 33.3. The van der Waals surface area contributed by atoms with Gasteiger partial charge >= 0.3 is 23.9 Å². The third-order valence-corrected chi connectivity index (χ3v) is 14.1. The van der Waals surface area contributed by atoms with Gasteiger partial charge in [0.15, 0.2) is 0 Å². The molecule has 0 N–H and O–H groups in total. The van der Waals surface area contributed by atoms with Crippen LogP contribution in [0.5, 0.6) is 0 Å². The summed E-state index contributed by atoms with van der Waals surface area (Å²) in [5, 5.41) is 7.81. The molecule has 386 valence electrons. The third kappa shape index (κ3) is 13.2. The summed E-state index contributed by atoms with van der Waals surface area (Å²) < 4.78 is 24.1. The number of benzene rings is 1. The molecule has 0 saturated carbocycles. The average molecular weight is 959 g/mol. The number of hydrogen-bond donors (Lipinski definition) is 0. The fourth-order valence-electron chi connectivity index (χ4n) is 12.8. The van der Waals surface area contributed by atoms with E-state index in [9.17, 15) is 19.2 Å². The minimum Gasteiger partial charge on any atom is -0.462 e. The van der Waals surface area contributed by atoms with Crippen LogP contribution in [0.1, 0.15) is 196 Å². The maximum Gasteiger partial charge on any atom is 0.338 e. The largest absolute Gasteiger partial charge is 0.462 e. The van der Waals surface area contributed by atoms with Crippen molar-refractivity contribution in [2.75, 3.05) is 27.4 Å². The molecule has 0 aliphatic carbocycles. The fraction of sp³-hybridized carbons (Fsp3) is 0.808. The Morgan fingerprint density at radius 3 is 0.941 bits per heavy atom. The molecule has 0 radical (unpaired) electrons. The highest BCUT2D eigenvalue weighted by Crippen LogP contribution is 2.44. The standard InChI is InChI=1S/C52H86N4O12/c1-45(2)27-37(28-46(3,4)53(45)61-17)65-41(57)22-24-63-55-49(9,10)31-39(32-50(55,11)12)67-43(59)35-20-19-21-36(26-35)44(60)68-40-33-51(13,14)56(52(15,16)34-40)64-25-23-42(58)66-38-29-47(5,6)54(62-18)48(7,8)30-38/h19-21,26,37-40H,22-25,27-34H2,1-18H3. The van der Waals surface area contributed by atoms with Gasteiger partial charge in [-0.1, -0.05) is 6.07 Å². The number of hydroxylamine groups is 8. The van der Waals surface area contributed by atoms with E-state index in [2.05, 4.69) is 55.4 Å². The van der Waals surface area contributed by atoms with Crippen LogP contribution in [-0.4, -0.2) is 140 Å². The van der Waals surface area contributed by atoms with Crippen LogP contribution in [0.25, 0.3) is 0 Å². The summed E-state index contributed by atoms with van der Waals surface area (Å²) >= 11 is 0. The molecular weight excluding hydrogens is 873 g/mol. The smallest absolute Gasteiger partial charge is 0.338 e. The van der Waals surface area contributed by atoms with Crippen molar-refractivity contribution in [3.63, 3.8) is 0 Å². The molecule has 0 amide bonds. The first-order chi connectivity index (χ1) is 31.1. The van der Waals surface area contributed by atoms with E-state index in [1.165, 1.54) is 6.07 Å². The zero-order valence-electron chi connectivity index (χ0n) is 44.8. The van der Waals surface area contributed by atoms with Crippen molar-refractivity contribution >= 4 is 23.9 Å². The molecule has 5 rings (SSSR count). The molecule has 16 heteroatoms. The average Bonchev–Trinajstić information content (AvgIpc) is 3.14. The molecule has 0 spiro atoms. The van der Waals surface area contributed by atoms with Gasteiger partial charge in [0.2, 0.25) is 0 Å². The molecule has 0 aromatic heterocycles. The summed E-state index contributed by atoms with van der Waals surface area (Å²) in [5.41, 5.74) is -2.89. The topological polar surface area (TPSA) is 155 Å². The number of carbonyl (C=O) groups excluding carboxylic acids is 4. The second-order valence-electron chi connectivity index (χ2n) is 24.7. The molecule has 4 fully saturated rings. The summed E-state index contributed by atoms with van der Waals surface area (Å²) in [6.07, 6.45) is 3.44. The van der Waals surface area contributed by atoms with E-state index >= 15 is 0 Å². The van der Waals surface area contributed by atoms with Gasteiger partial charge < -0.3 is 28.6 Å². The maximum atomic E-state index is 13.7. The van der Waals surface area contributed by atoms with E-state index in [0.29, 0.717) is 51.4 Å². The van der Waals surface area contributed by atoms with Crippen LogP contribution in [-0.2, 0) is 47.9 Å². The van der Waals surface area contributed by atoms with Gasteiger partial charge in [0.25, 0.3) is 0 Å². The first-order valence-electron chi connectivity index (χ1n) is 24.6. The summed E-state index contributed by atoms with van der Waals surface area (Å²) in [7, 11) is 3.35. The number of rotatable bonds is 16. The molecule has 0 atom stereocenters. The number of hydrogen-bond acceptors (Lipinski definition) is 16. The molecule has 68 heavy (non-hydrogen) atoms. The van der Waals surface area contributed by atoms with Crippen LogP contribution in [0, 0.1) is 0 Å². The van der Waals surface area contributed by atoms with Crippen molar-refractivity contribution in [2.24, 2.45) is 0 Å². The van der Waals surface area contributed by atoms with E-state index in [1.54, 1.807) is 32.4 Å². The first kappa shape index (κ1) is 55.7. The number of piperidine rings is 4. The van der Waals surface area contributed by atoms with Crippen molar-refractivity contribution in [2.45, 2.75) is 244 Å². The molecule has 4 aliphatic rings. The van der Waals surface area contributed by atoms with E-state index < -0.39 is 46.3 Å². The van der Waals surface area contributed by atoms with E-state index in [0.717, 1.165) is 0 Å². The second-order valence-corrected chi connectivity index (χ2v) is 24.7. The van der Waals surface area contributed by atoms with Crippen molar-refractivity contribution in [3.8, 4) is 0 Å². The van der Waals surface area contributed by atoms with Crippen LogP contribution in [0.3, 0.4) is 0 Å². The van der Waals surface area contributed by atoms with Crippen molar-refractivity contribution < 1.29 is 57.5 Å². The molecule has 0 bridgehead atoms. The number of nitrogens with zero attached hydrogens (tertiary/aromatic N) is 4. The molecule has 1 aromatic carbocycles. The second kappa shape index (κ2) is 20.5. The quantitative estimate of drug-likeness (QED) is 0.114. The maximum absolute atomic E-state index is 13.7. The number of carbonyl (C=O) groups is 4. The van der Waals surface area contributed by atoms with Crippen LogP contribution < -0.4 is 0 Å². The fourth-order valence-corrected chi connectivity index (χ4v) is 12.8. The van der Waals surface area contributed by atoms with Gasteiger partial charge in [-0.25, -0.2) is 9.59 Å². The molecule has 4 aliphatic heterocycles. The molecular formula is C52H86N4O12. The number of ether oxygens (including phenoxy) is 4. The van der Waals surface area contributed by atoms with E-state index in [1.807, 2.05) is 75.6 Å². The lowest BCUT2D eigenvalue weighted by Crippen LogP contribution is -2.62. The van der Waals surface area contributed by atoms with Crippen LogP contribution in [0.4, 0.5) is 0 Å². The highest BCUT2D eigenvalue weighted by atomic mass is 16.7. The monoisotopic (exact) mass is 959 g/mol. The molecule has 1 aromatic rings. The molecule has 16 nitrogen and oxygen atoms in total. The zero-order chi connectivity index (χ0) is 51.1. The van der Waals surface area contributed by atoms with E-state index in [4.69, 9.17) is 38.3 Å². The van der Waals surface area contributed by atoms with Crippen molar-refractivity contribution in [1.82, 2.24) is 20.3 Å². The Labute approximate surface area is 407 Å². The van der Waals surface area contributed by atoms with Gasteiger partial charge in [-0.2, -0.15) is 20.3 Å². The van der Waals surface area contributed by atoms with Gasteiger partial charge in [-0.05, 0) is 129 Å². The van der Waals surface area contributed by atoms with Gasteiger partial charge in [0.1, 0.15) is 24.4 Å². The predicted octanol–water partition coefficient (Wildman–Crippen LogP) is 8.94. The molecule has 0 unspecified atom stereocenters. The Bertz CT molecular complexity index is 1750. The number of esters is 4. The summed E-state index contributed by atoms with van der Waals surface area (Å²) in [5.74, 6) is -1.68. The lowest BCUT2D eigenvalue weighted by Gasteiger charge is -2.53. The Kier molecular flexibility index (Phi) is 16.8. The minimum atomic E-state index is -0.547. The summed E-state index contributed by atoms with van der Waals surface area (Å²) in [4.78, 5) is 77.4. The van der Waals surface area contributed by atoms with Crippen molar-refractivity contribution in [3.05, 3.63) is 35.4 Å². The lowest BCUT2D eigenvalue weighted by molar-refractivity contribution is -0.293. The van der Waals surface area contributed by atoms with Crippen LogP contribution in [0.2, 0.25) is 0 Å². The van der Waals surface area contributed by atoms with Crippen LogP contribution in [0.15, 0.2) is 24.3 Å². The van der Waals surface area contributed by atoms with Gasteiger partial charge in [-0.15, -0.1) is 0 Å². The molecule has 4 heterocycles. The Morgan fingerprint density at radius 2 is 0.676 bits per heavy atom. The normalized spacial score (nSPS) is 25.3. The Balaban J connectivity index is 1.09. The zero-order valence-corrected chi connectivity index (χ0v) is 44.8.